The van der Waals surface area contributed by atoms with E-state index in [1.165, 1.54) is 12.1 Å². The van der Waals surface area contributed by atoms with E-state index >= 15 is 0 Å². The summed E-state index contributed by atoms with van der Waals surface area (Å²) in [5, 5.41) is -0.105. The summed E-state index contributed by atoms with van der Waals surface area (Å²) in [7, 11) is -2.91. The minimum atomic E-state index is -4.63. The summed E-state index contributed by atoms with van der Waals surface area (Å²) >= 11 is 6.32. The molecule has 1 saturated carbocycles. The Labute approximate surface area is 128 Å². The SMILES string of the molecule is CN(c1ccccc1S(=O)(=O)C(F)F)C1CCCCC1Cl. The second kappa shape index (κ2) is 6.48. The van der Waals surface area contributed by atoms with Crippen LogP contribution in [0.3, 0.4) is 0 Å². The lowest BCUT2D eigenvalue weighted by Crippen LogP contribution is -2.41. The molecule has 1 aromatic carbocycles. The van der Waals surface area contributed by atoms with Gasteiger partial charge in [-0.2, -0.15) is 8.78 Å². The van der Waals surface area contributed by atoms with Crippen LogP contribution in [-0.4, -0.2) is 32.6 Å². The number of rotatable bonds is 4. The standard InChI is InChI=1S/C14H18ClF2NO2S/c1-18(11-7-3-2-6-10(11)15)12-8-4-5-9-13(12)21(19,20)14(16)17/h4-5,8-11,14H,2-3,6-7H2,1H3. The number of sulfone groups is 1. The Morgan fingerprint density at radius 2 is 1.86 bits per heavy atom. The molecule has 2 rings (SSSR count). The number of benzene rings is 1. The van der Waals surface area contributed by atoms with Gasteiger partial charge in [-0.15, -0.1) is 11.6 Å². The van der Waals surface area contributed by atoms with Gasteiger partial charge in [-0.25, -0.2) is 8.42 Å². The van der Waals surface area contributed by atoms with Crippen LogP contribution in [0, 0.1) is 0 Å². The summed E-state index contributed by atoms with van der Waals surface area (Å²) in [4.78, 5) is 1.39. The molecule has 0 radical (unpaired) electrons. The van der Waals surface area contributed by atoms with Gasteiger partial charge < -0.3 is 4.90 Å². The highest BCUT2D eigenvalue weighted by molar-refractivity contribution is 7.91. The second-order valence-corrected chi connectivity index (χ2v) is 7.70. The van der Waals surface area contributed by atoms with Crippen molar-refractivity contribution in [1.29, 1.82) is 0 Å². The van der Waals surface area contributed by atoms with Crippen molar-refractivity contribution in [2.24, 2.45) is 0 Å². The van der Waals surface area contributed by atoms with E-state index in [1.54, 1.807) is 24.1 Å². The molecule has 2 atom stereocenters. The number of halogens is 3. The molecule has 1 aliphatic carbocycles. The van der Waals surface area contributed by atoms with E-state index < -0.39 is 15.6 Å². The third-order valence-electron chi connectivity index (χ3n) is 3.93. The van der Waals surface area contributed by atoms with Gasteiger partial charge >= 0.3 is 5.76 Å². The van der Waals surface area contributed by atoms with Crippen LogP contribution in [0.25, 0.3) is 0 Å². The van der Waals surface area contributed by atoms with E-state index in [0.29, 0.717) is 0 Å². The number of alkyl halides is 3. The first kappa shape index (κ1) is 16.5. The van der Waals surface area contributed by atoms with Crippen LogP contribution in [0.5, 0.6) is 0 Å². The Balaban J connectivity index is 2.40. The lowest BCUT2D eigenvalue weighted by molar-refractivity contribution is 0.234. The fourth-order valence-corrected chi connectivity index (χ4v) is 4.18. The van der Waals surface area contributed by atoms with Crippen LogP contribution in [0.4, 0.5) is 14.5 Å². The first-order valence-electron chi connectivity index (χ1n) is 6.83. The van der Waals surface area contributed by atoms with Crippen molar-refractivity contribution in [3.8, 4) is 0 Å². The Hall–Kier alpha value is -0.880. The zero-order chi connectivity index (χ0) is 15.6. The van der Waals surface area contributed by atoms with Gasteiger partial charge in [0, 0.05) is 13.1 Å². The van der Waals surface area contributed by atoms with Crippen LogP contribution in [-0.2, 0) is 9.84 Å². The molecule has 3 nitrogen and oxygen atoms in total. The van der Waals surface area contributed by atoms with Crippen LogP contribution in [0.1, 0.15) is 25.7 Å². The maximum Gasteiger partial charge on any atom is 0.341 e. The number of para-hydroxylation sites is 1. The maximum absolute atomic E-state index is 12.8. The van der Waals surface area contributed by atoms with Crippen molar-refractivity contribution >= 4 is 27.1 Å². The summed E-state index contributed by atoms with van der Waals surface area (Å²) in [6, 6.07) is 5.82. The molecule has 1 aliphatic rings. The predicted molar refractivity (Wildman–Crippen MR) is 79.9 cm³/mol. The highest BCUT2D eigenvalue weighted by Gasteiger charge is 2.33. The lowest BCUT2D eigenvalue weighted by Gasteiger charge is -2.37. The van der Waals surface area contributed by atoms with E-state index in [2.05, 4.69) is 0 Å². The molecular formula is C14H18ClF2NO2S. The topological polar surface area (TPSA) is 37.4 Å². The minimum absolute atomic E-state index is 0.0468. The lowest BCUT2D eigenvalue weighted by atomic mass is 9.93. The molecule has 118 valence electrons. The number of anilines is 1. The monoisotopic (exact) mass is 337 g/mol. The van der Waals surface area contributed by atoms with Crippen molar-refractivity contribution in [2.75, 3.05) is 11.9 Å². The third kappa shape index (κ3) is 3.31. The second-order valence-electron chi connectivity index (χ2n) is 5.25. The van der Waals surface area contributed by atoms with Crippen molar-refractivity contribution in [2.45, 2.75) is 47.8 Å². The van der Waals surface area contributed by atoms with E-state index in [4.69, 9.17) is 11.6 Å². The van der Waals surface area contributed by atoms with Gasteiger partial charge in [0.15, 0.2) is 0 Å². The van der Waals surface area contributed by atoms with Gasteiger partial charge in [0.1, 0.15) is 0 Å². The van der Waals surface area contributed by atoms with Gasteiger partial charge in [0.25, 0.3) is 0 Å². The molecule has 0 spiro atoms. The van der Waals surface area contributed by atoms with Gasteiger partial charge in [-0.1, -0.05) is 25.0 Å². The summed E-state index contributed by atoms with van der Waals surface area (Å²) in [6.45, 7) is 0. The number of nitrogens with zero attached hydrogens (tertiary/aromatic N) is 1. The van der Waals surface area contributed by atoms with Crippen molar-refractivity contribution in [3.05, 3.63) is 24.3 Å². The Kier molecular flexibility index (Phi) is 5.09. The molecule has 0 bridgehead atoms. The molecule has 0 aromatic heterocycles. The molecule has 2 unspecified atom stereocenters. The van der Waals surface area contributed by atoms with Crippen molar-refractivity contribution in [1.82, 2.24) is 0 Å². The van der Waals surface area contributed by atoms with E-state index in [-0.39, 0.29) is 22.0 Å². The molecule has 21 heavy (non-hydrogen) atoms. The molecule has 0 saturated heterocycles. The largest absolute Gasteiger partial charge is 0.369 e. The summed E-state index contributed by atoms with van der Waals surface area (Å²) in [5.41, 5.74) is 0.287. The predicted octanol–water partition coefficient (Wildman–Crippen LogP) is 3.67. The highest BCUT2D eigenvalue weighted by Crippen LogP contribution is 2.34. The van der Waals surface area contributed by atoms with E-state index in [0.717, 1.165) is 25.7 Å². The summed E-state index contributed by atoms with van der Waals surface area (Å²) < 4.78 is 49.3. The van der Waals surface area contributed by atoms with E-state index in [9.17, 15) is 17.2 Å². The fourth-order valence-electron chi connectivity index (χ4n) is 2.77. The van der Waals surface area contributed by atoms with Crippen LogP contribution in [0.2, 0.25) is 0 Å². The number of hydrogen-bond donors (Lipinski definition) is 0. The fraction of sp³-hybridized carbons (Fsp3) is 0.571. The van der Waals surface area contributed by atoms with Gasteiger partial charge in [-0.3, -0.25) is 0 Å². The Morgan fingerprint density at radius 1 is 1.24 bits per heavy atom. The van der Waals surface area contributed by atoms with Gasteiger partial charge in [0.2, 0.25) is 9.84 Å². The van der Waals surface area contributed by atoms with E-state index in [1.807, 2.05) is 0 Å². The molecule has 7 heteroatoms. The van der Waals surface area contributed by atoms with Crippen LogP contribution >= 0.6 is 11.6 Å². The molecule has 0 N–H and O–H groups in total. The minimum Gasteiger partial charge on any atom is -0.369 e. The molecule has 0 heterocycles. The van der Waals surface area contributed by atoms with Crippen LogP contribution in [0.15, 0.2) is 29.2 Å². The molecule has 1 fully saturated rings. The average Bonchev–Trinajstić information content (AvgIpc) is 2.47. The van der Waals surface area contributed by atoms with Crippen LogP contribution < -0.4 is 4.90 Å². The molecule has 0 aliphatic heterocycles. The summed E-state index contributed by atoms with van der Waals surface area (Å²) in [6.07, 6.45) is 3.71. The molecule has 0 amide bonds. The first-order chi connectivity index (χ1) is 9.85. The zero-order valence-electron chi connectivity index (χ0n) is 11.7. The average molecular weight is 338 g/mol. The van der Waals surface area contributed by atoms with Gasteiger partial charge in [0.05, 0.1) is 16.0 Å². The van der Waals surface area contributed by atoms with Crippen molar-refractivity contribution < 1.29 is 17.2 Å². The normalized spacial score (nSPS) is 23.3. The quantitative estimate of drug-likeness (QED) is 0.787. The summed E-state index contributed by atoms with van der Waals surface area (Å²) in [5.74, 6) is -3.43. The van der Waals surface area contributed by atoms with Gasteiger partial charge in [-0.05, 0) is 25.0 Å². The smallest absolute Gasteiger partial charge is 0.341 e. The third-order valence-corrected chi connectivity index (χ3v) is 5.87. The first-order valence-corrected chi connectivity index (χ1v) is 8.82. The molecular weight excluding hydrogens is 320 g/mol. The Bertz CT molecular complexity index is 594. The Morgan fingerprint density at radius 3 is 2.48 bits per heavy atom. The highest BCUT2D eigenvalue weighted by atomic mass is 35.5. The number of hydrogen-bond acceptors (Lipinski definition) is 3. The van der Waals surface area contributed by atoms with Crippen molar-refractivity contribution in [3.63, 3.8) is 0 Å². The molecule has 1 aromatic rings. The maximum atomic E-state index is 12.8. The zero-order valence-corrected chi connectivity index (χ0v) is 13.2.